The summed E-state index contributed by atoms with van der Waals surface area (Å²) in [6.07, 6.45) is 0. The van der Waals surface area contributed by atoms with Crippen LogP contribution in [0.25, 0.3) is 0 Å². The van der Waals surface area contributed by atoms with Crippen molar-refractivity contribution in [1.29, 1.82) is 0 Å². The van der Waals surface area contributed by atoms with E-state index in [-0.39, 0.29) is 8.31 Å². The van der Waals surface area contributed by atoms with Gasteiger partial charge in [0.2, 0.25) is 0 Å². The van der Waals surface area contributed by atoms with Crippen molar-refractivity contribution in [2.45, 2.75) is 75.9 Å². The Hall–Kier alpha value is 1.30. The molecule has 0 N–H and O–H groups in total. The molecule has 18 heavy (non-hydrogen) atoms. The zero-order chi connectivity index (χ0) is 14.6. The minimum absolute atomic E-state index is 0.00424. The third kappa shape index (κ3) is 13.7. The van der Waals surface area contributed by atoms with Crippen molar-refractivity contribution in [3.63, 3.8) is 0 Å². The molecule has 0 bridgehead atoms. The summed E-state index contributed by atoms with van der Waals surface area (Å²) < 4.78 is 0. The monoisotopic (exact) mass is 345 g/mol. The zero-order valence-corrected chi connectivity index (χ0v) is 20.1. The standard InChI is InChI=1S/C12H33Si6/c1-16(2,3)10-13-14-15(11-17(4,5)6)12-18(7,8)9/h10-12H2,1-9H3. The summed E-state index contributed by atoms with van der Waals surface area (Å²) in [6.45, 7) is 23.1. The molecular formula is C12H33Si6. The minimum Gasteiger partial charge on any atom is -0.0698 e. The lowest BCUT2D eigenvalue weighted by atomic mass is 11.7. The maximum atomic E-state index is 2.58. The summed E-state index contributed by atoms with van der Waals surface area (Å²) in [5.41, 5.74) is 4.95. The molecule has 5 radical (unpaired) electrons. The predicted molar refractivity (Wildman–Crippen MR) is 102 cm³/mol. The highest BCUT2D eigenvalue weighted by Crippen LogP contribution is 2.19. The van der Waals surface area contributed by atoms with Gasteiger partial charge in [-0.2, -0.15) is 0 Å². The molecule has 0 spiro atoms. The van der Waals surface area contributed by atoms with Crippen molar-refractivity contribution in [1.82, 2.24) is 0 Å². The smallest absolute Gasteiger partial charge is 0.0412 e. The van der Waals surface area contributed by atoms with Gasteiger partial charge in [0.15, 0.2) is 0 Å². The normalized spacial score (nSPS) is 14.3. The lowest BCUT2D eigenvalue weighted by Gasteiger charge is -2.28. The molecule has 0 atom stereocenters. The van der Waals surface area contributed by atoms with Crippen LogP contribution in [0.5, 0.6) is 0 Å². The average Bonchev–Trinajstić information content (AvgIpc) is 1.93. The van der Waals surface area contributed by atoms with Gasteiger partial charge in [0.05, 0.1) is 0 Å². The summed E-state index contributed by atoms with van der Waals surface area (Å²) >= 11 is 0. The molecule has 0 aliphatic rings. The van der Waals surface area contributed by atoms with Crippen LogP contribution in [-0.2, 0) is 0 Å². The fraction of sp³-hybridized carbons (Fsp3) is 1.00. The molecule has 6 heteroatoms. The van der Waals surface area contributed by atoms with Gasteiger partial charge in [-0.05, 0) is 0 Å². The van der Waals surface area contributed by atoms with E-state index in [1.807, 2.05) is 0 Å². The Kier molecular flexibility index (Phi) is 7.88. The van der Waals surface area contributed by atoms with Crippen molar-refractivity contribution in [3.8, 4) is 0 Å². The van der Waals surface area contributed by atoms with Gasteiger partial charge < -0.3 is 0 Å². The quantitative estimate of drug-likeness (QED) is 0.574. The van der Waals surface area contributed by atoms with Crippen LogP contribution >= 0.6 is 0 Å². The largest absolute Gasteiger partial charge is 0.0698 e. The van der Waals surface area contributed by atoms with Gasteiger partial charge in [-0.25, -0.2) is 0 Å². The second-order valence-electron chi connectivity index (χ2n) is 9.12. The van der Waals surface area contributed by atoms with Gasteiger partial charge >= 0.3 is 0 Å². The van der Waals surface area contributed by atoms with Crippen LogP contribution in [0.4, 0.5) is 0 Å². The molecule has 0 rings (SSSR count). The van der Waals surface area contributed by atoms with E-state index >= 15 is 0 Å². The molecular weight excluding hydrogens is 313 g/mol. The summed E-state index contributed by atoms with van der Waals surface area (Å²) in [6, 6.07) is 0. The van der Waals surface area contributed by atoms with E-state index in [0.717, 1.165) is 0 Å². The Morgan fingerprint density at radius 2 is 1.06 bits per heavy atom. The van der Waals surface area contributed by atoms with Crippen LogP contribution in [0.2, 0.25) is 75.9 Å². The first-order chi connectivity index (χ1) is 7.79. The molecule has 105 valence electrons. The van der Waals surface area contributed by atoms with Crippen LogP contribution in [-0.4, -0.2) is 50.1 Å². The Labute approximate surface area is 126 Å². The Morgan fingerprint density at radius 3 is 1.33 bits per heavy atom. The van der Waals surface area contributed by atoms with E-state index in [9.17, 15) is 0 Å². The highest BCUT2D eigenvalue weighted by Gasteiger charge is 2.27. The van der Waals surface area contributed by atoms with Crippen molar-refractivity contribution in [3.05, 3.63) is 0 Å². The molecule has 0 aromatic carbocycles. The predicted octanol–water partition coefficient (Wildman–Crippen LogP) is 4.35. The third-order valence-corrected chi connectivity index (χ3v) is 30.9. The molecule has 0 aromatic heterocycles. The van der Waals surface area contributed by atoms with Crippen LogP contribution < -0.4 is 0 Å². The van der Waals surface area contributed by atoms with Gasteiger partial charge in [-0.3, -0.25) is 0 Å². The van der Waals surface area contributed by atoms with Crippen LogP contribution in [0, 0.1) is 0 Å². The molecule has 0 nitrogen and oxygen atoms in total. The summed E-state index contributed by atoms with van der Waals surface area (Å²) in [5, 5.41) is 0. The summed E-state index contributed by atoms with van der Waals surface area (Å²) in [5.74, 6) is 0. The average molecular weight is 346 g/mol. The molecule has 0 aliphatic heterocycles. The van der Waals surface area contributed by atoms with Crippen LogP contribution in [0.15, 0.2) is 0 Å². The highest BCUT2D eigenvalue weighted by molar-refractivity contribution is 7.40. The maximum absolute atomic E-state index is 2.58. The second kappa shape index (κ2) is 7.35. The molecule has 0 saturated heterocycles. The third-order valence-electron chi connectivity index (χ3n) is 2.37. The SMILES string of the molecule is C[Si](C)(C)C[Si][Si][Si](C[Si](C)(C)C)C[Si](C)(C)C. The van der Waals surface area contributed by atoms with Crippen LogP contribution in [0.3, 0.4) is 0 Å². The number of hydrogen-bond acceptors (Lipinski definition) is 0. The molecule has 0 heterocycles. The lowest BCUT2D eigenvalue weighted by molar-refractivity contribution is 1.55. The fourth-order valence-corrected chi connectivity index (χ4v) is 44.0. The maximum Gasteiger partial charge on any atom is 0.0412 e. The molecule has 0 aromatic rings. The molecule has 0 amide bonds. The van der Waals surface area contributed by atoms with E-state index in [0.29, 0.717) is 0 Å². The van der Waals surface area contributed by atoms with Crippen molar-refractivity contribution >= 4 is 50.1 Å². The van der Waals surface area contributed by atoms with Gasteiger partial charge in [-0.15, -0.1) is 0 Å². The minimum atomic E-state index is -0.826. The van der Waals surface area contributed by atoms with Gasteiger partial charge in [0.25, 0.3) is 0 Å². The van der Waals surface area contributed by atoms with E-state index < -0.39 is 24.2 Å². The van der Waals surface area contributed by atoms with Crippen molar-refractivity contribution in [2.24, 2.45) is 0 Å². The van der Waals surface area contributed by atoms with E-state index in [1.54, 1.807) is 17.0 Å². The second-order valence-corrected chi connectivity index (χ2v) is 36.7. The van der Waals surface area contributed by atoms with Crippen molar-refractivity contribution < 1.29 is 0 Å². The fourth-order valence-electron chi connectivity index (χ4n) is 1.87. The van der Waals surface area contributed by atoms with Crippen LogP contribution in [0.1, 0.15) is 0 Å². The van der Waals surface area contributed by atoms with E-state index in [2.05, 4.69) is 58.9 Å². The van der Waals surface area contributed by atoms with E-state index in [1.165, 1.54) is 17.6 Å². The first kappa shape index (κ1) is 19.3. The lowest BCUT2D eigenvalue weighted by Crippen LogP contribution is -2.43. The topological polar surface area (TPSA) is 0 Å². The Balaban J connectivity index is 4.31. The zero-order valence-electron chi connectivity index (χ0n) is 14.1. The summed E-state index contributed by atoms with van der Waals surface area (Å²) in [4.78, 5) is 0. The Bertz CT molecular complexity index is 216. The molecule has 0 aliphatic carbocycles. The molecule has 0 fully saturated rings. The first-order valence-corrected chi connectivity index (χ1v) is 24.4. The highest BCUT2D eigenvalue weighted by atomic mass is 29.5. The molecule has 0 saturated carbocycles. The van der Waals surface area contributed by atoms with Gasteiger partial charge in [0.1, 0.15) is 0 Å². The Morgan fingerprint density at radius 1 is 0.667 bits per heavy atom. The first-order valence-electron chi connectivity index (χ1n) is 7.12. The van der Waals surface area contributed by atoms with E-state index in [4.69, 9.17) is 0 Å². The van der Waals surface area contributed by atoms with Gasteiger partial charge in [0, 0.05) is 50.1 Å². The summed E-state index contributed by atoms with van der Waals surface area (Å²) in [7, 11) is 0.262. The molecule has 0 unspecified atom stereocenters. The van der Waals surface area contributed by atoms with Gasteiger partial charge in [-0.1, -0.05) is 75.9 Å². The number of hydrogen-bond donors (Lipinski definition) is 0. The van der Waals surface area contributed by atoms with Crippen molar-refractivity contribution in [2.75, 3.05) is 0 Å². The number of rotatable bonds is 8.